The molecule has 0 aromatic heterocycles. The average Bonchev–Trinajstić information content (AvgIpc) is 2.21. The largest absolute Gasteiger partial charge is 0.362 e. The second kappa shape index (κ2) is 1.07. The summed E-state index contributed by atoms with van der Waals surface area (Å²) in [5, 5.41) is 0. The molecule has 1 fully saturated rings. The van der Waals surface area contributed by atoms with Crippen LogP contribution in [-0.4, -0.2) is 18.0 Å². The molecule has 0 radical (unpaired) electrons. The molecular weight excluding hydrogens is 92.1 g/mol. The Kier molecular flexibility index (Phi) is 0.729. The van der Waals surface area contributed by atoms with Crippen molar-refractivity contribution in [2.75, 3.05) is 6.61 Å². The van der Waals surface area contributed by atoms with Gasteiger partial charge in [-0.1, -0.05) is 0 Å². The quantitative estimate of drug-likeness (QED) is 0.445. The van der Waals surface area contributed by atoms with E-state index in [9.17, 15) is 4.79 Å². The van der Waals surface area contributed by atoms with Gasteiger partial charge in [0.25, 0.3) is 0 Å². The van der Waals surface area contributed by atoms with E-state index in [4.69, 9.17) is 4.74 Å². The van der Waals surface area contributed by atoms with Crippen LogP contribution in [0.4, 0.5) is 0 Å². The molecule has 1 heterocycles. The van der Waals surface area contributed by atoms with E-state index in [-0.39, 0.29) is 11.4 Å². The van der Waals surface area contributed by atoms with Crippen LogP contribution in [0.15, 0.2) is 0 Å². The van der Waals surface area contributed by atoms with E-state index in [2.05, 4.69) is 0 Å². The van der Waals surface area contributed by atoms with Gasteiger partial charge in [0.15, 0.2) is 5.78 Å². The maximum atomic E-state index is 10.4. The van der Waals surface area contributed by atoms with Crippen LogP contribution in [0.5, 0.6) is 0 Å². The van der Waals surface area contributed by atoms with Gasteiger partial charge in [-0.25, -0.2) is 0 Å². The Bertz CT molecular complexity index is 103. The van der Waals surface area contributed by atoms with Crippen molar-refractivity contribution in [1.29, 1.82) is 0 Å². The number of hydrogen-bond donors (Lipinski definition) is 0. The van der Waals surface area contributed by atoms with E-state index in [1.165, 1.54) is 0 Å². The molecule has 0 aliphatic carbocycles. The molecule has 0 bridgehead atoms. The molecule has 0 amide bonds. The van der Waals surface area contributed by atoms with Gasteiger partial charge in [0.2, 0.25) is 0 Å². The van der Waals surface area contributed by atoms with Crippen molar-refractivity contribution in [3.8, 4) is 0 Å². The average molecular weight is 100 g/mol. The zero-order valence-electron chi connectivity index (χ0n) is 4.52. The van der Waals surface area contributed by atoms with Crippen LogP contribution in [0.3, 0.4) is 0 Å². The lowest BCUT2D eigenvalue weighted by atomic mass is 10.1. The number of Topliss-reactive ketones (excluding diaryl/α,β-unsaturated/α-hetero) is 1. The van der Waals surface area contributed by atoms with Crippen LogP contribution >= 0.6 is 0 Å². The number of hydrogen-bond acceptors (Lipinski definition) is 2. The predicted molar refractivity (Wildman–Crippen MR) is 25.0 cm³/mol. The second-order valence-electron chi connectivity index (χ2n) is 2.08. The highest BCUT2D eigenvalue weighted by Crippen LogP contribution is 2.25. The molecule has 1 rings (SSSR count). The molecule has 0 N–H and O–H groups in total. The lowest BCUT2D eigenvalue weighted by molar-refractivity contribution is -0.121. The van der Waals surface area contributed by atoms with Gasteiger partial charge >= 0.3 is 0 Å². The number of carbonyl (C=O) groups is 1. The first kappa shape index (κ1) is 4.78. The van der Waals surface area contributed by atoms with Crippen LogP contribution < -0.4 is 0 Å². The minimum atomic E-state index is -0.389. The third kappa shape index (κ3) is 0.657. The Morgan fingerprint density at radius 2 is 2.29 bits per heavy atom. The summed E-state index contributed by atoms with van der Waals surface area (Å²) in [5.41, 5.74) is -0.389. The summed E-state index contributed by atoms with van der Waals surface area (Å²) >= 11 is 0. The number of ketones is 1. The Morgan fingerprint density at radius 1 is 1.86 bits per heavy atom. The first-order valence-electron chi connectivity index (χ1n) is 2.30. The van der Waals surface area contributed by atoms with Crippen LogP contribution in [-0.2, 0) is 9.53 Å². The number of ether oxygens (including phenoxy) is 1. The lowest BCUT2D eigenvalue weighted by Crippen LogP contribution is -2.15. The third-order valence-corrected chi connectivity index (χ3v) is 1.32. The van der Waals surface area contributed by atoms with Crippen molar-refractivity contribution >= 4 is 5.78 Å². The van der Waals surface area contributed by atoms with Crippen LogP contribution in [0.25, 0.3) is 0 Å². The van der Waals surface area contributed by atoms with Gasteiger partial charge in [0, 0.05) is 0 Å². The minimum Gasteiger partial charge on any atom is -0.362 e. The fourth-order valence-corrected chi connectivity index (χ4v) is 0.312. The van der Waals surface area contributed by atoms with Crippen molar-refractivity contribution in [1.82, 2.24) is 0 Å². The standard InChI is InChI=1S/C5H8O2/c1-4(6)5(2)3-7-5/h3H2,1-2H3. The van der Waals surface area contributed by atoms with Crippen LogP contribution in [0, 0.1) is 0 Å². The van der Waals surface area contributed by atoms with Gasteiger partial charge in [-0.2, -0.15) is 0 Å². The fraction of sp³-hybridized carbons (Fsp3) is 0.800. The maximum Gasteiger partial charge on any atom is 0.163 e. The molecule has 2 nitrogen and oxygen atoms in total. The van der Waals surface area contributed by atoms with Gasteiger partial charge in [-0.3, -0.25) is 4.79 Å². The van der Waals surface area contributed by atoms with Crippen molar-refractivity contribution in [2.24, 2.45) is 0 Å². The van der Waals surface area contributed by atoms with Crippen molar-refractivity contribution in [3.05, 3.63) is 0 Å². The van der Waals surface area contributed by atoms with E-state index in [1.54, 1.807) is 13.8 Å². The Balaban J connectivity index is 2.55. The predicted octanol–water partition coefficient (Wildman–Crippen LogP) is 0.364. The second-order valence-corrected chi connectivity index (χ2v) is 2.08. The molecule has 0 spiro atoms. The highest BCUT2D eigenvalue weighted by molar-refractivity contribution is 5.86. The Morgan fingerprint density at radius 3 is 2.29 bits per heavy atom. The summed E-state index contributed by atoms with van der Waals surface area (Å²) in [5.74, 6) is 0.132. The van der Waals surface area contributed by atoms with E-state index in [0.717, 1.165) is 0 Å². The third-order valence-electron chi connectivity index (χ3n) is 1.32. The molecule has 1 aliphatic rings. The smallest absolute Gasteiger partial charge is 0.163 e. The first-order valence-corrected chi connectivity index (χ1v) is 2.30. The molecule has 7 heavy (non-hydrogen) atoms. The van der Waals surface area contributed by atoms with Gasteiger partial charge in [0.1, 0.15) is 5.60 Å². The maximum absolute atomic E-state index is 10.4. The highest BCUT2D eigenvalue weighted by Gasteiger charge is 2.44. The van der Waals surface area contributed by atoms with Crippen LogP contribution in [0.2, 0.25) is 0 Å². The molecule has 1 atom stereocenters. The van der Waals surface area contributed by atoms with Gasteiger partial charge in [-0.15, -0.1) is 0 Å². The van der Waals surface area contributed by atoms with Crippen molar-refractivity contribution in [3.63, 3.8) is 0 Å². The normalized spacial score (nSPS) is 38.0. The van der Waals surface area contributed by atoms with Crippen LogP contribution in [0.1, 0.15) is 13.8 Å². The molecule has 0 saturated carbocycles. The zero-order valence-corrected chi connectivity index (χ0v) is 4.52. The molecule has 2 heteroatoms. The number of rotatable bonds is 1. The van der Waals surface area contributed by atoms with Gasteiger partial charge in [-0.05, 0) is 13.8 Å². The van der Waals surface area contributed by atoms with Gasteiger partial charge < -0.3 is 4.74 Å². The van der Waals surface area contributed by atoms with Crippen molar-refractivity contribution in [2.45, 2.75) is 19.4 Å². The zero-order chi connectivity index (χ0) is 5.49. The lowest BCUT2D eigenvalue weighted by Gasteiger charge is -1.92. The number of carbonyl (C=O) groups excluding carboxylic acids is 1. The molecular formula is C5H8O2. The van der Waals surface area contributed by atoms with Gasteiger partial charge in [0.05, 0.1) is 6.61 Å². The topological polar surface area (TPSA) is 29.6 Å². The summed E-state index contributed by atoms with van der Waals surface area (Å²) < 4.78 is 4.81. The fourth-order valence-electron chi connectivity index (χ4n) is 0.312. The summed E-state index contributed by atoms with van der Waals surface area (Å²) in [6, 6.07) is 0. The molecule has 0 aromatic carbocycles. The molecule has 1 aliphatic heterocycles. The molecule has 1 saturated heterocycles. The first-order chi connectivity index (χ1) is 3.15. The van der Waals surface area contributed by atoms with E-state index in [0.29, 0.717) is 6.61 Å². The number of epoxide rings is 1. The summed E-state index contributed by atoms with van der Waals surface area (Å²) in [6.07, 6.45) is 0. The van der Waals surface area contributed by atoms with E-state index < -0.39 is 0 Å². The molecule has 0 aromatic rings. The SMILES string of the molecule is CC(=O)C1(C)CO1. The summed E-state index contributed by atoms with van der Waals surface area (Å²) in [4.78, 5) is 10.4. The monoisotopic (exact) mass is 100 g/mol. The Hall–Kier alpha value is -0.370. The highest BCUT2D eigenvalue weighted by atomic mass is 16.6. The summed E-state index contributed by atoms with van der Waals surface area (Å²) in [6.45, 7) is 3.96. The Labute approximate surface area is 42.5 Å². The van der Waals surface area contributed by atoms with E-state index in [1.807, 2.05) is 0 Å². The van der Waals surface area contributed by atoms with Crippen molar-refractivity contribution < 1.29 is 9.53 Å². The molecule has 40 valence electrons. The summed E-state index contributed by atoms with van der Waals surface area (Å²) in [7, 11) is 0. The minimum absolute atomic E-state index is 0.132. The van der Waals surface area contributed by atoms with E-state index >= 15 is 0 Å². The molecule has 1 unspecified atom stereocenters.